The zero-order valence-corrected chi connectivity index (χ0v) is 11.2. The molecule has 1 nitrogen and oxygen atoms in total. The molecule has 0 bridgehead atoms. The van der Waals surface area contributed by atoms with Gasteiger partial charge in [-0.05, 0) is 55.8 Å². The Morgan fingerprint density at radius 1 is 1.19 bits per heavy atom. The van der Waals surface area contributed by atoms with E-state index in [1.807, 2.05) is 6.92 Å². The molecule has 2 rings (SSSR count). The normalized spacial score (nSPS) is 48.1. The fourth-order valence-electron chi connectivity index (χ4n) is 3.98. The molecule has 4 atom stereocenters. The second-order valence-corrected chi connectivity index (χ2v) is 6.63. The van der Waals surface area contributed by atoms with E-state index in [0.717, 1.165) is 24.2 Å². The summed E-state index contributed by atoms with van der Waals surface area (Å²) in [7, 11) is 0. The van der Waals surface area contributed by atoms with Crippen molar-refractivity contribution in [3.05, 3.63) is 12.2 Å². The predicted molar refractivity (Wildman–Crippen MR) is 68.2 cm³/mol. The van der Waals surface area contributed by atoms with Crippen molar-refractivity contribution in [2.75, 3.05) is 0 Å². The van der Waals surface area contributed by atoms with Crippen molar-refractivity contribution in [2.45, 2.75) is 59.0 Å². The average molecular weight is 222 g/mol. The highest BCUT2D eigenvalue weighted by molar-refractivity contribution is 5.17. The molecule has 1 fully saturated rings. The quantitative estimate of drug-likeness (QED) is 0.669. The minimum absolute atomic E-state index is 0.385. The van der Waals surface area contributed by atoms with E-state index < -0.39 is 5.60 Å². The lowest BCUT2D eigenvalue weighted by Gasteiger charge is -2.44. The second kappa shape index (κ2) is 3.87. The van der Waals surface area contributed by atoms with E-state index in [-0.39, 0.29) is 0 Å². The first-order chi connectivity index (χ1) is 7.37. The fourth-order valence-corrected chi connectivity index (χ4v) is 3.98. The van der Waals surface area contributed by atoms with Gasteiger partial charge >= 0.3 is 0 Å². The molecular weight excluding hydrogens is 196 g/mol. The minimum atomic E-state index is -0.560. The van der Waals surface area contributed by atoms with Crippen LogP contribution in [-0.4, -0.2) is 10.7 Å². The molecule has 4 unspecified atom stereocenters. The number of rotatable bonds is 1. The molecule has 0 saturated heterocycles. The first kappa shape index (κ1) is 12.2. The van der Waals surface area contributed by atoms with E-state index in [1.54, 1.807) is 0 Å². The third kappa shape index (κ3) is 1.84. The first-order valence-corrected chi connectivity index (χ1v) is 6.80. The van der Waals surface area contributed by atoms with Crippen LogP contribution in [0.5, 0.6) is 0 Å². The molecule has 1 N–H and O–H groups in total. The summed E-state index contributed by atoms with van der Waals surface area (Å²) in [5.74, 6) is 2.36. The molecule has 2 aliphatic carbocycles. The molecule has 2 aliphatic rings. The highest BCUT2D eigenvalue weighted by atomic mass is 16.3. The maximum absolute atomic E-state index is 10.0. The summed E-state index contributed by atoms with van der Waals surface area (Å²) in [6, 6.07) is 0. The largest absolute Gasteiger partial charge is 0.386 e. The molecule has 0 aliphatic heterocycles. The highest BCUT2D eigenvalue weighted by Crippen LogP contribution is 2.56. The van der Waals surface area contributed by atoms with E-state index in [4.69, 9.17) is 0 Å². The van der Waals surface area contributed by atoms with Crippen molar-refractivity contribution in [1.29, 1.82) is 0 Å². The van der Waals surface area contributed by atoms with Gasteiger partial charge in [0, 0.05) is 0 Å². The summed E-state index contributed by atoms with van der Waals surface area (Å²) in [4.78, 5) is 0. The van der Waals surface area contributed by atoms with Crippen LogP contribution in [0.15, 0.2) is 12.2 Å². The van der Waals surface area contributed by atoms with Crippen LogP contribution in [-0.2, 0) is 0 Å². The van der Waals surface area contributed by atoms with E-state index in [9.17, 15) is 5.11 Å². The van der Waals surface area contributed by atoms with Gasteiger partial charge in [-0.3, -0.25) is 0 Å². The topological polar surface area (TPSA) is 20.2 Å². The van der Waals surface area contributed by atoms with Crippen molar-refractivity contribution >= 4 is 0 Å². The van der Waals surface area contributed by atoms with Crippen LogP contribution in [0.3, 0.4) is 0 Å². The second-order valence-electron chi connectivity index (χ2n) is 6.63. The Morgan fingerprint density at radius 3 is 2.38 bits per heavy atom. The lowest BCUT2D eigenvalue weighted by atomic mass is 9.62. The van der Waals surface area contributed by atoms with Crippen molar-refractivity contribution in [2.24, 2.45) is 23.2 Å². The van der Waals surface area contributed by atoms with Gasteiger partial charge in [0.05, 0.1) is 5.60 Å². The molecule has 0 aromatic rings. The Hall–Kier alpha value is -0.300. The van der Waals surface area contributed by atoms with Gasteiger partial charge in [-0.1, -0.05) is 32.9 Å². The summed E-state index contributed by atoms with van der Waals surface area (Å²) in [5, 5.41) is 10.0. The number of hydrogen-bond acceptors (Lipinski definition) is 1. The number of aliphatic hydroxyl groups is 1. The van der Waals surface area contributed by atoms with Gasteiger partial charge in [0.25, 0.3) is 0 Å². The van der Waals surface area contributed by atoms with Crippen LogP contribution in [0.1, 0.15) is 53.4 Å². The SMILES string of the molecule is CC(C)C1CCC(C)C12C=CC(C)(O)CC2. The summed E-state index contributed by atoms with van der Waals surface area (Å²) in [5.41, 5.74) is -0.175. The van der Waals surface area contributed by atoms with Gasteiger partial charge < -0.3 is 5.11 Å². The number of allylic oxidation sites excluding steroid dienone is 1. The fraction of sp³-hybridized carbons (Fsp3) is 0.867. The molecular formula is C15H26O. The van der Waals surface area contributed by atoms with Gasteiger partial charge in [0.1, 0.15) is 0 Å². The highest BCUT2D eigenvalue weighted by Gasteiger charge is 2.49. The van der Waals surface area contributed by atoms with E-state index >= 15 is 0 Å². The van der Waals surface area contributed by atoms with Crippen LogP contribution in [0.2, 0.25) is 0 Å². The predicted octanol–water partition coefficient (Wildman–Crippen LogP) is 3.78. The van der Waals surface area contributed by atoms with Crippen LogP contribution in [0.4, 0.5) is 0 Å². The van der Waals surface area contributed by atoms with Crippen LogP contribution in [0, 0.1) is 23.2 Å². The maximum atomic E-state index is 10.0. The summed E-state index contributed by atoms with van der Waals surface area (Å²) in [6.07, 6.45) is 9.24. The lowest BCUT2D eigenvalue weighted by Crippen LogP contribution is -2.38. The van der Waals surface area contributed by atoms with Gasteiger partial charge in [-0.2, -0.15) is 0 Å². The van der Waals surface area contributed by atoms with Gasteiger partial charge in [0.2, 0.25) is 0 Å². The van der Waals surface area contributed by atoms with Gasteiger partial charge in [-0.25, -0.2) is 0 Å². The van der Waals surface area contributed by atoms with Crippen molar-refractivity contribution in [3.8, 4) is 0 Å². The molecule has 0 aromatic carbocycles. The molecule has 16 heavy (non-hydrogen) atoms. The summed E-state index contributed by atoms with van der Waals surface area (Å²) >= 11 is 0. The Bertz CT molecular complexity index is 290. The monoisotopic (exact) mass is 222 g/mol. The Morgan fingerprint density at radius 2 is 1.88 bits per heavy atom. The zero-order chi connectivity index (χ0) is 12.0. The van der Waals surface area contributed by atoms with Crippen LogP contribution in [0.25, 0.3) is 0 Å². The average Bonchev–Trinajstić information content (AvgIpc) is 2.50. The van der Waals surface area contributed by atoms with Crippen LogP contribution < -0.4 is 0 Å². The molecule has 0 heterocycles. The Labute approximate surface area is 99.9 Å². The number of hydrogen-bond donors (Lipinski definition) is 1. The van der Waals surface area contributed by atoms with Crippen molar-refractivity contribution in [1.82, 2.24) is 0 Å². The first-order valence-electron chi connectivity index (χ1n) is 6.80. The van der Waals surface area contributed by atoms with Gasteiger partial charge in [0.15, 0.2) is 0 Å². The molecule has 0 aromatic heterocycles. The molecule has 1 heteroatoms. The summed E-state index contributed by atoms with van der Waals surface area (Å²) < 4.78 is 0. The molecule has 1 saturated carbocycles. The molecule has 0 radical (unpaired) electrons. The standard InChI is InChI=1S/C15H26O/c1-11(2)13-6-5-12(3)15(13)9-7-14(4,16)8-10-15/h7,9,11-13,16H,5-6,8,10H2,1-4H3. The van der Waals surface area contributed by atoms with Gasteiger partial charge in [-0.15, -0.1) is 0 Å². The van der Waals surface area contributed by atoms with E-state index in [1.165, 1.54) is 19.3 Å². The summed E-state index contributed by atoms with van der Waals surface area (Å²) in [6.45, 7) is 9.03. The van der Waals surface area contributed by atoms with E-state index in [0.29, 0.717) is 5.41 Å². The van der Waals surface area contributed by atoms with Crippen molar-refractivity contribution < 1.29 is 5.11 Å². The molecule has 1 spiro atoms. The van der Waals surface area contributed by atoms with Crippen molar-refractivity contribution in [3.63, 3.8) is 0 Å². The lowest BCUT2D eigenvalue weighted by molar-refractivity contribution is 0.0459. The minimum Gasteiger partial charge on any atom is -0.386 e. The van der Waals surface area contributed by atoms with Crippen LogP contribution >= 0.6 is 0 Å². The third-order valence-electron chi connectivity index (χ3n) is 5.14. The smallest absolute Gasteiger partial charge is 0.0800 e. The van der Waals surface area contributed by atoms with E-state index in [2.05, 4.69) is 32.9 Å². The molecule has 0 amide bonds. The third-order valence-corrected chi connectivity index (χ3v) is 5.14. The molecule has 92 valence electrons. The Kier molecular flexibility index (Phi) is 2.94. The Balaban J connectivity index is 2.29. The zero-order valence-electron chi connectivity index (χ0n) is 11.2. The maximum Gasteiger partial charge on any atom is 0.0800 e.